The van der Waals surface area contributed by atoms with E-state index in [2.05, 4.69) is 44.3 Å². The number of carbonyl (C=O) groups excluding carboxylic acids is 2. The number of methoxy groups -OCH3 is 1. The molecule has 0 fully saturated rings. The standard InChI is InChI=1S/C20H25N7O6.C6H14O6S2.Ca/c1-33-14(28)7-6-13(19(31)32)25-17(29)10-2-4-11(5-3-10)22-8-12-9-23-16-15(24-12)18(30)27-20(21)26-16;1-13(7,8)11-5-3-4-6-12-14(2,9)10;/h2-5,12-13,22,24H,6-9H2,1H3,(H,25,29)(H,31,32)(H4,21,23,26,27,30);3-6H2,1-2H3;/t12?,13-;;/m0../s1. The van der Waals surface area contributed by atoms with Crippen molar-refractivity contribution in [1.82, 2.24) is 15.3 Å². The summed E-state index contributed by atoms with van der Waals surface area (Å²) in [5, 5.41) is 21.0. The molecule has 0 bridgehead atoms. The number of carboxylic acids is 1. The number of H-pyrrole nitrogens is 1. The molecule has 0 spiro atoms. The zero-order chi connectivity index (χ0) is 35.2. The van der Waals surface area contributed by atoms with Crippen LogP contribution in [0.3, 0.4) is 0 Å². The van der Waals surface area contributed by atoms with E-state index in [4.69, 9.17) is 5.73 Å². The second-order valence-corrected chi connectivity index (χ2v) is 13.4. The Hall–Kier alpha value is -3.21. The number of ether oxygens (including phenoxy) is 1. The van der Waals surface area contributed by atoms with Crippen molar-refractivity contribution in [3.63, 3.8) is 0 Å². The zero-order valence-electron chi connectivity index (χ0n) is 26.6. The molecule has 2 aromatic rings. The van der Waals surface area contributed by atoms with Crippen molar-refractivity contribution in [2.75, 3.05) is 67.6 Å². The first-order chi connectivity index (χ1) is 22.0. The minimum atomic E-state index is -3.40. The van der Waals surface area contributed by atoms with Gasteiger partial charge < -0.3 is 36.8 Å². The molecule has 1 unspecified atom stereocenters. The topological polar surface area (TPSA) is 287 Å². The van der Waals surface area contributed by atoms with Crippen molar-refractivity contribution in [1.29, 1.82) is 0 Å². The number of aliphatic carboxylic acids is 1. The van der Waals surface area contributed by atoms with Crippen LogP contribution in [0.15, 0.2) is 29.1 Å². The number of fused-ring (bicyclic) bond motifs is 1. The molecule has 0 aliphatic carbocycles. The molecule has 2 atom stereocenters. The van der Waals surface area contributed by atoms with Crippen LogP contribution in [0.2, 0.25) is 0 Å². The quantitative estimate of drug-likeness (QED) is 0.0476. The summed E-state index contributed by atoms with van der Waals surface area (Å²) in [4.78, 5) is 53.5. The van der Waals surface area contributed by atoms with Crippen LogP contribution in [-0.2, 0) is 42.9 Å². The summed E-state index contributed by atoms with van der Waals surface area (Å²) in [6, 6.07) is 5.14. The number of nitrogens with two attached hydrogens (primary N) is 1. The van der Waals surface area contributed by atoms with Crippen molar-refractivity contribution in [2.24, 2.45) is 0 Å². The number of carbonyl (C=O) groups is 3. The first-order valence-corrected chi connectivity index (χ1v) is 17.6. The number of hydrogen-bond acceptors (Lipinski definition) is 16. The first kappa shape index (κ1) is 42.8. The molecule has 2 heterocycles. The molecule has 48 heavy (non-hydrogen) atoms. The Bertz CT molecular complexity index is 1620. The van der Waals surface area contributed by atoms with Gasteiger partial charge in [0, 0.05) is 68.5 Å². The molecule has 1 aliphatic rings. The third-order valence-electron chi connectivity index (χ3n) is 6.10. The fourth-order valence-electron chi connectivity index (χ4n) is 3.82. The van der Waals surface area contributed by atoms with E-state index in [0.717, 1.165) is 18.2 Å². The summed E-state index contributed by atoms with van der Waals surface area (Å²) in [6.45, 7) is 1.08. The van der Waals surface area contributed by atoms with E-state index in [1.54, 1.807) is 24.3 Å². The van der Waals surface area contributed by atoms with Crippen LogP contribution < -0.4 is 32.6 Å². The average Bonchev–Trinajstić information content (AvgIpc) is 2.99. The number of unbranched alkanes of at least 4 members (excludes halogenated alkanes) is 1. The van der Waals surface area contributed by atoms with E-state index in [-0.39, 0.29) is 86.9 Å². The summed E-state index contributed by atoms with van der Waals surface area (Å²) in [5.41, 5.74) is 6.48. The zero-order valence-corrected chi connectivity index (χ0v) is 30.4. The predicted octanol–water partition coefficient (Wildman–Crippen LogP) is -0.855. The Morgan fingerprint density at radius 3 is 2.17 bits per heavy atom. The third kappa shape index (κ3) is 16.8. The van der Waals surface area contributed by atoms with Gasteiger partial charge in [-0.15, -0.1) is 0 Å². The van der Waals surface area contributed by atoms with Crippen molar-refractivity contribution >= 4 is 99.0 Å². The second-order valence-electron chi connectivity index (χ2n) is 10.1. The Labute approximate surface area is 307 Å². The number of nitrogens with zero attached hydrogens (tertiary/aromatic N) is 1. The Kier molecular flexibility index (Phi) is 18.1. The van der Waals surface area contributed by atoms with Crippen LogP contribution in [0.25, 0.3) is 0 Å². The Morgan fingerprint density at radius 1 is 1.06 bits per heavy atom. The predicted molar refractivity (Wildman–Crippen MR) is 177 cm³/mol. The summed E-state index contributed by atoms with van der Waals surface area (Å²) >= 11 is 0. The molecule has 1 amide bonds. The maximum Gasteiger partial charge on any atom is 0.326 e. The normalized spacial score (nSPS) is 14.3. The van der Waals surface area contributed by atoms with Crippen molar-refractivity contribution in [2.45, 2.75) is 37.8 Å². The van der Waals surface area contributed by atoms with E-state index in [1.807, 2.05) is 0 Å². The number of anilines is 4. The molecule has 3 rings (SSSR count). The third-order valence-corrected chi connectivity index (χ3v) is 7.29. The van der Waals surface area contributed by atoms with Crippen LogP contribution >= 0.6 is 0 Å². The van der Waals surface area contributed by atoms with Gasteiger partial charge in [0.1, 0.15) is 11.7 Å². The van der Waals surface area contributed by atoms with Gasteiger partial charge >= 0.3 is 11.9 Å². The SMILES string of the molecule is COC(=O)CC[C@H](NC(=O)c1ccc(NCC2CNc3nc(N)[nH]c(=O)c3N2)cc1)C(=O)O.CS(=O)(=O)OCCCCOS(C)(=O)=O.[Ca]. The molecule has 1 aromatic carbocycles. The molecule has 1 aromatic heterocycles. The largest absolute Gasteiger partial charge is 0.480 e. The molecule has 264 valence electrons. The molecule has 19 nitrogen and oxygen atoms in total. The van der Waals surface area contributed by atoms with E-state index < -0.39 is 44.1 Å². The smallest absolute Gasteiger partial charge is 0.326 e. The fourth-order valence-corrected chi connectivity index (χ4v) is 4.66. The number of esters is 1. The summed E-state index contributed by atoms with van der Waals surface area (Å²) < 4.78 is 55.2. The number of nitrogens with one attached hydrogen (secondary N) is 5. The molecule has 0 saturated heterocycles. The van der Waals surface area contributed by atoms with Crippen LogP contribution in [0, 0.1) is 0 Å². The number of benzene rings is 1. The molecule has 1 aliphatic heterocycles. The maximum atomic E-state index is 12.4. The van der Waals surface area contributed by atoms with Crippen molar-refractivity contribution < 1.29 is 49.4 Å². The summed E-state index contributed by atoms with van der Waals surface area (Å²) in [6.07, 6.45) is 2.58. The van der Waals surface area contributed by atoms with Gasteiger partial charge in [0.25, 0.3) is 31.7 Å². The van der Waals surface area contributed by atoms with Gasteiger partial charge in [0.05, 0.1) is 38.9 Å². The number of rotatable bonds is 16. The first-order valence-electron chi connectivity index (χ1n) is 14.0. The summed E-state index contributed by atoms with van der Waals surface area (Å²) in [7, 11) is -5.59. The van der Waals surface area contributed by atoms with Crippen LogP contribution in [0.5, 0.6) is 0 Å². The van der Waals surface area contributed by atoms with Crippen molar-refractivity contribution in [3.8, 4) is 0 Å². The average molecular weight is 746 g/mol. The molecule has 22 heteroatoms. The van der Waals surface area contributed by atoms with Gasteiger partial charge in [-0.3, -0.25) is 27.7 Å². The van der Waals surface area contributed by atoms with Gasteiger partial charge in [-0.05, 0) is 43.5 Å². The Balaban J connectivity index is 0.000000652. The second kappa shape index (κ2) is 20.3. The molecule has 8 N–H and O–H groups in total. The molecular weight excluding hydrogens is 707 g/mol. The van der Waals surface area contributed by atoms with Gasteiger partial charge in [-0.1, -0.05) is 0 Å². The van der Waals surface area contributed by atoms with E-state index in [1.165, 1.54) is 7.11 Å². The number of amides is 1. The number of carboxylic acid groups (broad SMARTS) is 1. The molecular formula is C26H39CaN7O12S2. The number of aromatic amines is 1. The van der Waals surface area contributed by atoms with E-state index >= 15 is 0 Å². The fraction of sp³-hybridized carbons (Fsp3) is 0.500. The van der Waals surface area contributed by atoms with Crippen LogP contribution in [-0.4, -0.2) is 146 Å². The minimum Gasteiger partial charge on any atom is -0.480 e. The molecule has 0 saturated carbocycles. The van der Waals surface area contributed by atoms with Gasteiger partial charge in [-0.25, -0.2) is 4.79 Å². The van der Waals surface area contributed by atoms with Crippen molar-refractivity contribution in [3.05, 3.63) is 40.2 Å². The monoisotopic (exact) mass is 745 g/mol. The number of nitrogen functional groups attached to an aromatic ring is 1. The van der Waals surface area contributed by atoms with Gasteiger partial charge in [-0.2, -0.15) is 21.8 Å². The number of aromatic nitrogens is 2. The van der Waals surface area contributed by atoms with E-state index in [0.29, 0.717) is 37.4 Å². The Morgan fingerprint density at radius 2 is 1.65 bits per heavy atom. The van der Waals surface area contributed by atoms with Crippen LogP contribution in [0.4, 0.5) is 23.1 Å². The minimum absolute atomic E-state index is 0. The number of hydrogen-bond donors (Lipinski definition) is 7. The van der Waals surface area contributed by atoms with E-state index in [9.17, 15) is 41.1 Å². The summed E-state index contributed by atoms with van der Waals surface area (Å²) in [5.74, 6) is -1.93. The molecule has 2 radical (unpaired) electrons. The van der Waals surface area contributed by atoms with Gasteiger partial charge in [0.15, 0.2) is 5.82 Å². The van der Waals surface area contributed by atoms with Crippen LogP contribution in [0.1, 0.15) is 36.0 Å². The van der Waals surface area contributed by atoms with Gasteiger partial charge in [0.2, 0.25) is 5.95 Å². The maximum absolute atomic E-state index is 12.4.